The third kappa shape index (κ3) is 6.70. The van der Waals surface area contributed by atoms with Crippen LogP contribution >= 0.6 is 11.6 Å². The molecule has 3 aromatic rings. The minimum atomic E-state index is -4.75. The van der Waals surface area contributed by atoms with Crippen molar-refractivity contribution in [3.8, 4) is 11.3 Å². The van der Waals surface area contributed by atoms with Gasteiger partial charge in [0.15, 0.2) is 5.82 Å². The van der Waals surface area contributed by atoms with E-state index in [2.05, 4.69) is 21.5 Å². The van der Waals surface area contributed by atoms with Crippen LogP contribution in [0.15, 0.2) is 54.2 Å². The first kappa shape index (κ1) is 33.6. The van der Waals surface area contributed by atoms with Gasteiger partial charge in [0.25, 0.3) is 0 Å². The van der Waals surface area contributed by atoms with E-state index in [0.717, 1.165) is 0 Å². The van der Waals surface area contributed by atoms with Crippen molar-refractivity contribution in [2.75, 3.05) is 31.6 Å². The van der Waals surface area contributed by atoms with Crippen molar-refractivity contribution in [1.82, 2.24) is 19.8 Å². The molecule has 3 heterocycles. The van der Waals surface area contributed by atoms with E-state index in [9.17, 15) is 22.8 Å². The van der Waals surface area contributed by atoms with Gasteiger partial charge in [0, 0.05) is 44.5 Å². The van der Waals surface area contributed by atoms with Crippen molar-refractivity contribution in [1.29, 1.82) is 0 Å². The van der Waals surface area contributed by atoms with Crippen LogP contribution in [0.4, 0.5) is 29.1 Å². The molecule has 1 aliphatic heterocycles. The Labute approximate surface area is 264 Å². The lowest BCUT2D eigenvalue weighted by atomic mass is 10.0. The molecule has 13 heteroatoms. The first-order valence-corrected chi connectivity index (χ1v) is 14.5. The second-order valence-corrected chi connectivity index (χ2v) is 11.4. The van der Waals surface area contributed by atoms with Crippen molar-refractivity contribution < 1.29 is 27.2 Å². The molecule has 2 amide bonds. The highest BCUT2D eigenvalue weighted by molar-refractivity contribution is 6.33. The Morgan fingerprint density at radius 1 is 1.22 bits per heavy atom. The van der Waals surface area contributed by atoms with Crippen LogP contribution < -0.4 is 4.90 Å². The molecule has 0 saturated carbocycles. The van der Waals surface area contributed by atoms with E-state index in [4.69, 9.17) is 11.6 Å². The largest absolute Gasteiger partial charge is 0.416 e. The molecule has 0 spiro atoms. The SMILES string of the molecule is C=CC(=O)N1CCN(C(=NC)c2cc(Cl)c(-c3cc(C(F)(F)F)ccc3F)nc2N(C=O)c2c(C)ccnc2C(C)C)C(C)C1. The number of amidine groups is 1. The zero-order chi connectivity index (χ0) is 33.2. The third-order valence-corrected chi connectivity index (χ3v) is 7.91. The number of aliphatic imine (C=N–C) groups is 1. The topological polar surface area (TPSA) is 82.0 Å². The standard InChI is InChI=1S/C32H33ClF4N6O2/c1-7-26(45)41-12-13-42(20(5)16-41)30(38-6)23-15-24(33)28(22-14-21(32(35,36)37)8-9-25(22)34)40-31(23)43(17-44)29-19(4)10-11-39-27(29)18(2)3/h7-11,14-15,17-18,20H,1,12-13,16H2,2-6H3. The number of carbonyl (C=O) groups is 2. The summed E-state index contributed by atoms with van der Waals surface area (Å²) in [6.45, 7) is 12.1. The molecule has 238 valence electrons. The summed E-state index contributed by atoms with van der Waals surface area (Å²) in [5, 5.41) is -0.154. The van der Waals surface area contributed by atoms with Crippen molar-refractivity contribution in [3.63, 3.8) is 0 Å². The number of hydrogen-bond donors (Lipinski definition) is 0. The Morgan fingerprint density at radius 2 is 1.93 bits per heavy atom. The van der Waals surface area contributed by atoms with E-state index in [0.29, 0.717) is 67.0 Å². The van der Waals surface area contributed by atoms with Gasteiger partial charge in [0.1, 0.15) is 11.7 Å². The predicted octanol–water partition coefficient (Wildman–Crippen LogP) is 6.78. The average Bonchev–Trinajstić information content (AvgIpc) is 2.99. The number of pyridine rings is 2. The van der Waals surface area contributed by atoms with Gasteiger partial charge < -0.3 is 9.80 Å². The molecule has 0 N–H and O–H groups in total. The summed E-state index contributed by atoms with van der Waals surface area (Å²) in [5.74, 6) is -0.983. The number of amides is 2. The summed E-state index contributed by atoms with van der Waals surface area (Å²) in [5.41, 5.74) is 0.0740. The second kappa shape index (κ2) is 13.4. The van der Waals surface area contributed by atoms with Gasteiger partial charge in [-0.25, -0.2) is 9.37 Å². The van der Waals surface area contributed by atoms with Gasteiger partial charge >= 0.3 is 6.18 Å². The Morgan fingerprint density at radius 3 is 2.51 bits per heavy atom. The van der Waals surface area contributed by atoms with Crippen LogP contribution in [0.25, 0.3) is 11.3 Å². The van der Waals surface area contributed by atoms with Gasteiger partial charge in [-0.2, -0.15) is 13.2 Å². The molecule has 1 unspecified atom stereocenters. The van der Waals surface area contributed by atoms with Crippen LogP contribution in [0, 0.1) is 12.7 Å². The molecule has 0 bridgehead atoms. The van der Waals surface area contributed by atoms with Crippen molar-refractivity contribution in [2.24, 2.45) is 4.99 Å². The molecule has 4 rings (SSSR count). The van der Waals surface area contributed by atoms with Crippen LogP contribution in [-0.2, 0) is 15.8 Å². The number of alkyl halides is 3. The number of nitrogens with zero attached hydrogens (tertiary/aromatic N) is 6. The number of rotatable bonds is 7. The number of hydrogen-bond acceptors (Lipinski definition) is 5. The van der Waals surface area contributed by atoms with E-state index in [1.54, 1.807) is 31.1 Å². The minimum absolute atomic E-state index is 0.0309. The fraction of sp³-hybridized carbons (Fsp3) is 0.344. The van der Waals surface area contributed by atoms with Gasteiger partial charge in [-0.3, -0.25) is 24.5 Å². The lowest BCUT2D eigenvalue weighted by Gasteiger charge is -2.41. The molecule has 1 fully saturated rings. The van der Waals surface area contributed by atoms with E-state index in [1.165, 1.54) is 17.0 Å². The first-order valence-electron chi connectivity index (χ1n) is 14.2. The fourth-order valence-electron chi connectivity index (χ4n) is 5.42. The van der Waals surface area contributed by atoms with Crippen molar-refractivity contribution in [2.45, 2.75) is 45.8 Å². The lowest BCUT2D eigenvalue weighted by Crippen LogP contribution is -2.55. The molecule has 8 nitrogen and oxygen atoms in total. The predicted molar refractivity (Wildman–Crippen MR) is 166 cm³/mol. The average molecular weight is 645 g/mol. The molecule has 1 atom stereocenters. The van der Waals surface area contributed by atoms with Crippen LogP contribution in [0.1, 0.15) is 49.1 Å². The van der Waals surface area contributed by atoms with Gasteiger partial charge in [0.2, 0.25) is 12.3 Å². The maximum absolute atomic E-state index is 15.2. The number of halogens is 5. The fourth-order valence-corrected chi connectivity index (χ4v) is 5.67. The summed E-state index contributed by atoms with van der Waals surface area (Å²) in [4.78, 5) is 43.7. The first-order chi connectivity index (χ1) is 21.2. The summed E-state index contributed by atoms with van der Waals surface area (Å²) in [6.07, 6.45) is -1.37. The van der Waals surface area contributed by atoms with Crippen LogP contribution in [0.5, 0.6) is 0 Å². The lowest BCUT2D eigenvalue weighted by molar-refractivity contribution is -0.137. The van der Waals surface area contributed by atoms with E-state index in [1.807, 2.05) is 25.7 Å². The molecular weight excluding hydrogens is 612 g/mol. The highest BCUT2D eigenvalue weighted by atomic mass is 35.5. The number of piperazine rings is 1. The van der Waals surface area contributed by atoms with Gasteiger partial charge in [-0.05, 0) is 61.7 Å². The number of carbonyl (C=O) groups excluding carboxylic acids is 2. The number of aryl methyl sites for hydroxylation is 1. The van der Waals surface area contributed by atoms with Crippen LogP contribution in [0.3, 0.4) is 0 Å². The van der Waals surface area contributed by atoms with Gasteiger partial charge in [0.05, 0.1) is 33.2 Å². The summed E-state index contributed by atoms with van der Waals surface area (Å²) >= 11 is 6.67. The molecule has 1 aliphatic rings. The summed E-state index contributed by atoms with van der Waals surface area (Å²) < 4.78 is 56.1. The van der Waals surface area contributed by atoms with E-state index >= 15 is 4.39 Å². The molecule has 2 aromatic heterocycles. The van der Waals surface area contributed by atoms with Crippen LogP contribution in [0.2, 0.25) is 5.02 Å². The normalized spacial score (nSPS) is 15.8. The Bertz CT molecular complexity index is 1660. The highest BCUT2D eigenvalue weighted by Crippen LogP contribution is 2.40. The smallest absolute Gasteiger partial charge is 0.350 e. The quantitative estimate of drug-likeness (QED) is 0.0932. The number of aromatic nitrogens is 2. The Hall–Kier alpha value is -4.32. The van der Waals surface area contributed by atoms with Crippen LogP contribution in [-0.4, -0.2) is 70.6 Å². The number of anilines is 2. The summed E-state index contributed by atoms with van der Waals surface area (Å²) in [6, 6.07) is 4.87. The Balaban J connectivity index is 2.00. The zero-order valence-electron chi connectivity index (χ0n) is 25.5. The number of benzene rings is 1. The maximum Gasteiger partial charge on any atom is 0.416 e. The zero-order valence-corrected chi connectivity index (χ0v) is 26.2. The van der Waals surface area contributed by atoms with E-state index in [-0.39, 0.29) is 40.0 Å². The summed E-state index contributed by atoms with van der Waals surface area (Å²) in [7, 11) is 1.54. The molecule has 0 aliphatic carbocycles. The monoisotopic (exact) mass is 644 g/mol. The molecular formula is C32H33ClF4N6O2. The van der Waals surface area contributed by atoms with Crippen molar-refractivity contribution >= 4 is 41.3 Å². The van der Waals surface area contributed by atoms with Crippen molar-refractivity contribution in [3.05, 3.63) is 82.4 Å². The van der Waals surface area contributed by atoms with E-state index < -0.39 is 23.1 Å². The Kier molecular flexibility index (Phi) is 9.96. The molecule has 45 heavy (non-hydrogen) atoms. The maximum atomic E-state index is 15.2. The third-order valence-electron chi connectivity index (χ3n) is 7.62. The van der Waals surface area contributed by atoms with Gasteiger partial charge in [-0.1, -0.05) is 32.0 Å². The minimum Gasteiger partial charge on any atom is -0.350 e. The second-order valence-electron chi connectivity index (χ2n) is 11.0. The highest BCUT2D eigenvalue weighted by Gasteiger charge is 2.34. The molecule has 0 radical (unpaired) electrons. The molecule has 1 saturated heterocycles. The molecule has 1 aromatic carbocycles. The van der Waals surface area contributed by atoms with Gasteiger partial charge in [-0.15, -0.1) is 0 Å².